The third-order valence-corrected chi connectivity index (χ3v) is 6.26. The lowest BCUT2D eigenvalue weighted by molar-refractivity contribution is -0.956. The minimum absolute atomic E-state index is 0. The fourth-order valence-electron chi connectivity index (χ4n) is 4.88. The second kappa shape index (κ2) is 6.73. The average molecular weight is 436 g/mol. The minimum Gasteiger partial charge on any atom is -1.00 e. The molecule has 0 aliphatic carbocycles. The number of rotatable bonds is 3. The first-order chi connectivity index (χ1) is 11.1. The summed E-state index contributed by atoms with van der Waals surface area (Å²) < 4.78 is 0.963. The predicted octanol–water partition coefficient (Wildman–Crippen LogP) is 0.313. The number of benzene rings is 1. The van der Waals surface area contributed by atoms with Crippen LogP contribution in [0.15, 0.2) is 49.2 Å². The number of fused-ring (bicyclic) bond motifs is 4. The standard InChI is InChI=1S/C20H25N2O.HI/c1-3-14-13-22(2)11-9-15(14)12-19(22)20(23)17-8-10-21-18-7-5-4-6-16(17)18;/h3-8,10,14-15,19-20,23H,1,9,11-13H2,2H3;1H/q+1;/p-1/t14-,15-,19-,20+,22?;/m0./s1. The van der Waals surface area contributed by atoms with Gasteiger partial charge < -0.3 is 33.6 Å². The molecule has 5 rings (SSSR count). The summed E-state index contributed by atoms with van der Waals surface area (Å²) in [4.78, 5) is 4.43. The normalized spacial score (nSPS) is 33.0. The Morgan fingerprint density at radius 2 is 2.12 bits per heavy atom. The molecule has 1 aromatic heterocycles. The highest BCUT2D eigenvalue weighted by molar-refractivity contribution is 5.82. The summed E-state index contributed by atoms with van der Waals surface area (Å²) in [6, 6.07) is 10.4. The van der Waals surface area contributed by atoms with Gasteiger partial charge in [-0.05, 0) is 23.6 Å². The van der Waals surface area contributed by atoms with E-state index in [9.17, 15) is 5.11 Å². The van der Waals surface area contributed by atoms with Crippen LogP contribution in [0.2, 0.25) is 0 Å². The molecule has 24 heavy (non-hydrogen) atoms. The van der Waals surface area contributed by atoms with E-state index in [0.29, 0.717) is 11.8 Å². The van der Waals surface area contributed by atoms with E-state index in [4.69, 9.17) is 0 Å². The lowest BCUT2D eigenvalue weighted by atomic mass is 9.72. The maximum Gasteiger partial charge on any atom is 0.131 e. The summed E-state index contributed by atoms with van der Waals surface area (Å²) in [5, 5.41) is 12.3. The number of likely N-dealkylation sites (N-methyl/N-ethyl adjacent to an activating group) is 1. The van der Waals surface area contributed by atoms with Crippen LogP contribution in [0.5, 0.6) is 0 Å². The first kappa shape index (κ1) is 17.8. The number of aliphatic hydroxyl groups excluding tert-OH is 1. The molecule has 2 aromatic rings. The average Bonchev–Trinajstić information content (AvgIpc) is 2.60. The Bertz CT molecular complexity index is 744. The highest BCUT2D eigenvalue weighted by atomic mass is 127. The molecule has 3 aliphatic rings. The monoisotopic (exact) mass is 436 g/mol. The van der Waals surface area contributed by atoms with Gasteiger partial charge in [0.2, 0.25) is 0 Å². The number of aromatic nitrogens is 1. The molecule has 2 bridgehead atoms. The van der Waals surface area contributed by atoms with E-state index in [1.807, 2.05) is 30.5 Å². The van der Waals surface area contributed by atoms with Crippen molar-refractivity contribution >= 4 is 10.9 Å². The van der Waals surface area contributed by atoms with Gasteiger partial charge >= 0.3 is 0 Å². The summed E-state index contributed by atoms with van der Waals surface area (Å²) in [6.07, 6.45) is 5.87. The summed E-state index contributed by atoms with van der Waals surface area (Å²) in [5.74, 6) is 1.28. The van der Waals surface area contributed by atoms with Crippen LogP contribution in [0.3, 0.4) is 0 Å². The van der Waals surface area contributed by atoms with Crippen molar-refractivity contribution in [2.45, 2.75) is 25.0 Å². The molecule has 3 aliphatic heterocycles. The van der Waals surface area contributed by atoms with Crippen molar-refractivity contribution in [3.63, 3.8) is 0 Å². The van der Waals surface area contributed by atoms with Crippen molar-refractivity contribution in [3.05, 3.63) is 54.7 Å². The van der Waals surface area contributed by atoms with Gasteiger partial charge in [0, 0.05) is 30.3 Å². The molecule has 1 unspecified atom stereocenters. The summed E-state index contributed by atoms with van der Waals surface area (Å²) in [5.41, 5.74) is 1.99. The fraction of sp³-hybridized carbons (Fsp3) is 0.450. The Kier molecular flexibility index (Phi) is 5.00. The quantitative estimate of drug-likeness (QED) is 0.427. The van der Waals surface area contributed by atoms with Crippen LogP contribution in [0.4, 0.5) is 0 Å². The number of aliphatic hydroxyl groups is 1. The van der Waals surface area contributed by atoms with Crippen molar-refractivity contribution in [2.75, 3.05) is 20.1 Å². The summed E-state index contributed by atoms with van der Waals surface area (Å²) in [6.45, 7) is 6.30. The highest BCUT2D eigenvalue weighted by Crippen LogP contribution is 2.45. The Morgan fingerprint density at radius 3 is 2.88 bits per heavy atom. The molecule has 4 heteroatoms. The van der Waals surface area contributed by atoms with Gasteiger partial charge in [-0.1, -0.05) is 24.3 Å². The highest BCUT2D eigenvalue weighted by Gasteiger charge is 2.51. The largest absolute Gasteiger partial charge is 1.00 e. The minimum atomic E-state index is -0.429. The number of pyridine rings is 1. The SMILES string of the molecule is C=C[C@H]1C[N+]2(C)CC[C@H]1C[C@H]2[C@H](O)c1ccnc2ccccc12.[I-]. The summed E-state index contributed by atoms with van der Waals surface area (Å²) >= 11 is 0. The molecule has 1 N–H and O–H groups in total. The van der Waals surface area contributed by atoms with Crippen LogP contribution in [-0.4, -0.2) is 40.8 Å². The molecular formula is C20H25IN2O. The lowest BCUT2D eigenvalue weighted by Crippen LogP contribution is -3.00. The third-order valence-electron chi connectivity index (χ3n) is 6.26. The molecule has 0 spiro atoms. The molecule has 3 nitrogen and oxygen atoms in total. The van der Waals surface area contributed by atoms with Gasteiger partial charge in [0.15, 0.2) is 0 Å². The number of quaternary nitrogens is 1. The van der Waals surface area contributed by atoms with Crippen molar-refractivity contribution in [3.8, 4) is 0 Å². The van der Waals surface area contributed by atoms with E-state index in [1.165, 1.54) is 13.0 Å². The van der Waals surface area contributed by atoms with E-state index in [-0.39, 0.29) is 30.0 Å². The van der Waals surface area contributed by atoms with Crippen molar-refractivity contribution in [1.29, 1.82) is 0 Å². The fourth-order valence-corrected chi connectivity index (χ4v) is 4.88. The second-order valence-corrected chi connectivity index (χ2v) is 7.50. The van der Waals surface area contributed by atoms with Crippen LogP contribution < -0.4 is 24.0 Å². The zero-order chi connectivity index (χ0) is 16.0. The molecule has 3 fully saturated rings. The molecule has 128 valence electrons. The molecule has 0 radical (unpaired) electrons. The maximum absolute atomic E-state index is 11.2. The lowest BCUT2D eigenvalue weighted by Gasteiger charge is -2.56. The zero-order valence-electron chi connectivity index (χ0n) is 14.1. The molecule has 3 saturated heterocycles. The molecular weight excluding hydrogens is 411 g/mol. The van der Waals surface area contributed by atoms with E-state index in [1.54, 1.807) is 0 Å². The second-order valence-electron chi connectivity index (χ2n) is 7.50. The Balaban J connectivity index is 0.00000169. The smallest absolute Gasteiger partial charge is 0.131 e. The van der Waals surface area contributed by atoms with E-state index >= 15 is 0 Å². The molecule has 5 atom stereocenters. The number of halogens is 1. The number of hydrogen-bond donors (Lipinski definition) is 1. The Morgan fingerprint density at radius 1 is 1.33 bits per heavy atom. The third kappa shape index (κ3) is 2.78. The molecule has 0 amide bonds. The number of hydrogen-bond acceptors (Lipinski definition) is 2. The van der Waals surface area contributed by atoms with Crippen LogP contribution >= 0.6 is 0 Å². The van der Waals surface area contributed by atoms with E-state index in [2.05, 4.69) is 30.8 Å². The van der Waals surface area contributed by atoms with Gasteiger partial charge in [0.1, 0.15) is 12.1 Å². The van der Waals surface area contributed by atoms with Gasteiger partial charge in [-0.3, -0.25) is 4.98 Å². The van der Waals surface area contributed by atoms with Crippen LogP contribution in [0.1, 0.15) is 24.5 Å². The van der Waals surface area contributed by atoms with E-state index in [0.717, 1.165) is 33.9 Å². The molecule has 1 aromatic carbocycles. The van der Waals surface area contributed by atoms with Gasteiger partial charge in [0.25, 0.3) is 0 Å². The summed E-state index contributed by atoms with van der Waals surface area (Å²) in [7, 11) is 2.31. The topological polar surface area (TPSA) is 33.1 Å². The van der Waals surface area contributed by atoms with E-state index < -0.39 is 6.10 Å². The number of piperidine rings is 3. The van der Waals surface area contributed by atoms with Crippen LogP contribution in [-0.2, 0) is 0 Å². The first-order valence-electron chi connectivity index (χ1n) is 8.61. The van der Waals surface area contributed by atoms with Crippen molar-refractivity contribution in [2.24, 2.45) is 11.8 Å². The predicted molar refractivity (Wildman–Crippen MR) is 92.8 cm³/mol. The number of nitrogens with zero attached hydrogens (tertiary/aromatic N) is 2. The maximum atomic E-state index is 11.2. The molecule has 4 heterocycles. The molecule has 0 saturated carbocycles. The Hall–Kier alpha value is -0.980. The van der Waals surface area contributed by atoms with Crippen LogP contribution in [0.25, 0.3) is 10.9 Å². The van der Waals surface area contributed by atoms with Crippen molar-refractivity contribution < 1.29 is 33.6 Å². The van der Waals surface area contributed by atoms with Crippen LogP contribution in [0, 0.1) is 11.8 Å². The van der Waals surface area contributed by atoms with Crippen molar-refractivity contribution in [1.82, 2.24) is 4.98 Å². The zero-order valence-corrected chi connectivity index (χ0v) is 16.3. The number of para-hydroxylation sites is 1. The van der Waals surface area contributed by atoms with Gasteiger partial charge in [-0.2, -0.15) is 0 Å². The van der Waals surface area contributed by atoms with Gasteiger partial charge in [-0.15, -0.1) is 6.58 Å². The Labute approximate surface area is 161 Å². The first-order valence-corrected chi connectivity index (χ1v) is 8.61. The van der Waals surface area contributed by atoms with Gasteiger partial charge in [0.05, 0.1) is 25.7 Å². The van der Waals surface area contributed by atoms with Gasteiger partial charge in [-0.25, -0.2) is 0 Å².